The van der Waals surface area contributed by atoms with Crippen LogP contribution in [0.25, 0.3) is 0 Å². The van der Waals surface area contributed by atoms with Gasteiger partial charge in [-0.15, -0.1) is 0 Å². The summed E-state index contributed by atoms with van der Waals surface area (Å²) >= 11 is 0. The second-order valence-electron chi connectivity index (χ2n) is 6.36. The minimum atomic E-state index is -0.0784. The molecule has 2 aliphatic rings. The fourth-order valence-electron chi connectivity index (χ4n) is 3.34. The molecule has 2 N–H and O–H groups in total. The molecule has 0 bridgehead atoms. The monoisotopic (exact) mass is 226 g/mol. The summed E-state index contributed by atoms with van der Waals surface area (Å²) in [4.78, 5) is 2.57. The Morgan fingerprint density at radius 2 is 1.94 bits per heavy atom. The van der Waals surface area contributed by atoms with Crippen LogP contribution in [0.2, 0.25) is 0 Å². The van der Waals surface area contributed by atoms with Gasteiger partial charge in [-0.1, -0.05) is 0 Å². The van der Waals surface area contributed by atoms with Crippen molar-refractivity contribution in [2.45, 2.75) is 51.6 Å². The van der Waals surface area contributed by atoms with E-state index in [0.717, 1.165) is 19.8 Å². The summed E-state index contributed by atoms with van der Waals surface area (Å²) in [6, 6.07) is 0.666. The first kappa shape index (κ1) is 12.3. The van der Waals surface area contributed by atoms with E-state index in [2.05, 4.69) is 25.7 Å². The van der Waals surface area contributed by atoms with Gasteiger partial charge >= 0.3 is 0 Å². The molecule has 16 heavy (non-hydrogen) atoms. The smallest absolute Gasteiger partial charge is 0.0471 e. The minimum Gasteiger partial charge on any atom is -0.381 e. The van der Waals surface area contributed by atoms with Gasteiger partial charge in [0.2, 0.25) is 0 Å². The molecule has 94 valence electrons. The second-order valence-corrected chi connectivity index (χ2v) is 6.36. The molecular formula is C13H26N2O. The van der Waals surface area contributed by atoms with E-state index in [1.54, 1.807) is 0 Å². The van der Waals surface area contributed by atoms with E-state index in [9.17, 15) is 0 Å². The Hall–Kier alpha value is -0.120. The third-order valence-electron chi connectivity index (χ3n) is 4.43. The van der Waals surface area contributed by atoms with Gasteiger partial charge in [0.25, 0.3) is 0 Å². The summed E-state index contributed by atoms with van der Waals surface area (Å²) in [5, 5.41) is 0. The third kappa shape index (κ3) is 2.41. The van der Waals surface area contributed by atoms with Crippen molar-refractivity contribution in [3.8, 4) is 0 Å². The molecule has 0 aromatic carbocycles. The molecular weight excluding hydrogens is 200 g/mol. The van der Waals surface area contributed by atoms with Crippen LogP contribution in [0.3, 0.4) is 0 Å². The highest BCUT2D eigenvalue weighted by Crippen LogP contribution is 2.44. The molecule has 2 fully saturated rings. The van der Waals surface area contributed by atoms with Crippen molar-refractivity contribution in [3.63, 3.8) is 0 Å². The molecule has 2 heterocycles. The Labute approximate surface area is 99.3 Å². The molecule has 2 rings (SSSR count). The first-order valence-corrected chi connectivity index (χ1v) is 6.54. The maximum atomic E-state index is 6.13. The van der Waals surface area contributed by atoms with Gasteiger partial charge in [-0.25, -0.2) is 0 Å². The maximum Gasteiger partial charge on any atom is 0.0471 e. The normalized spacial score (nSPS) is 31.1. The minimum absolute atomic E-state index is 0.0784. The molecule has 1 spiro atoms. The van der Waals surface area contributed by atoms with Crippen LogP contribution in [0.4, 0.5) is 0 Å². The largest absolute Gasteiger partial charge is 0.381 e. The lowest BCUT2D eigenvalue weighted by molar-refractivity contribution is -0.00218. The predicted molar refractivity (Wildman–Crippen MR) is 66.4 cm³/mol. The van der Waals surface area contributed by atoms with Gasteiger partial charge in [-0.3, -0.25) is 4.90 Å². The number of rotatable bonds is 2. The number of nitrogens with two attached hydrogens (primary N) is 1. The molecule has 1 atom stereocenters. The van der Waals surface area contributed by atoms with Crippen LogP contribution in [0.5, 0.6) is 0 Å². The van der Waals surface area contributed by atoms with Crippen molar-refractivity contribution in [2.75, 3.05) is 26.3 Å². The van der Waals surface area contributed by atoms with Crippen LogP contribution in [0.1, 0.15) is 40.0 Å². The summed E-state index contributed by atoms with van der Waals surface area (Å²) in [5.41, 5.74) is 6.57. The molecule has 0 aliphatic carbocycles. The van der Waals surface area contributed by atoms with E-state index in [4.69, 9.17) is 10.5 Å². The van der Waals surface area contributed by atoms with Crippen LogP contribution < -0.4 is 5.73 Å². The van der Waals surface area contributed by atoms with E-state index in [1.807, 2.05) is 0 Å². The maximum absolute atomic E-state index is 6.13. The number of ether oxygens (including phenoxy) is 1. The lowest BCUT2D eigenvalue weighted by Crippen LogP contribution is -2.49. The Balaban J connectivity index is 2.00. The summed E-state index contributed by atoms with van der Waals surface area (Å²) in [6.07, 6.45) is 3.79. The fourth-order valence-corrected chi connectivity index (χ4v) is 3.34. The van der Waals surface area contributed by atoms with Gasteiger partial charge in [0, 0.05) is 31.3 Å². The van der Waals surface area contributed by atoms with Gasteiger partial charge in [-0.2, -0.15) is 0 Å². The third-order valence-corrected chi connectivity index (χ3v) is 4.43. The highest BCUT2D eigenvalue weighted by atomic mass is 16.5. The number of nitrogens with zero attached hydrogens (tertiary/aromatic N) is 1. The van der Waals surface area contributed by atoms with Crippen LogP contribution in [-0.4, -0.2) is 42.8 Å². The van der Waals surface area contributed by atoms with Crippen molar-refractivity contribution in [3.05, 3.63) is 0 Å². The summed E-state index contributed by atoms with van der Waals surface area (Å²) < 4.78 is 5.50. The molecule has 0 radical (unpaired) electrons. The molecule has 3 heteroatoms. The van der Waals surface area contributed by atoms with Crippen molar-refractivity contribution < 1.29 is 4.74 Å². The van der Waals surface area contributed by atoms with Gasteiger partial charge in [0.05, 0.1) is 0 Å². The van der Waals surface area contributed by atoms with E-state index < -0.39 is 0 Å². The fraction of sp³-hybridized carbons (Fsp3) is 1.00. The molecule has 0 aromatic heterocycles. The zero-order chi connectivity index (χ0) is 11.8. The first-order chi connectivity index (χ1) is 7.43. The number of likely N-dealkylation sites (tertiary alicyclic amines) is 1. The van der Waals surface area contributed by atoms with Crippen molar-refractivity contribution in [1.82, 2.24) is 4.90 Å². The molecule has 3 nitrogen and oxygen atoms in total. The topological polar surface area (TPSA) is 38.5 Å². The van der Waals surface area contributed by atoms with Crippen molar-refractivity contribution >= 4 is 0 Å². The molecule has 0 saturated carbocycles. The Kier molecular flexibility index (Phi) is 3.30. The zero-order valence-corrected chi connectivity index (χ0v) is 11.0. The van der Waals surface area contributed by atoms with Crippen LogP contribution in [0, 0.1) is 5.41 Å². The summed E-state index contributed by atoms with van der Waals surface area (Å²) in [5.74, 6) is 0. The van der Waals surface area contributed by atoms with E-state index in [-0.39, 0.29) is 5.54 Å². The van der Waals surface area contributed by atoms with E-state index >= 15 is 0 Å². The van der Waals surface area contributed by atoms with Crippen molar-refractivity contribution in [1.29, 1.82) is 0 Å². The van der Waals surface area contributed by atoms with Crippen LogP contribution >= 0.6 is 0 Å². The molecule has 2 aliphatic heterocycles. The van der Waals surface area contributed by atoms with E-state index in [1.165, 1.54) is 25.8 Å². The lowest BCUT2D eigenvalue weighted by atomic mass is 9.74. The highest BCUT2D eigenvalue weighted by molar-refractivity contribution is 4.99. The highest BCUT2D eigenvalue weighted by Gasteiger charge is 2.45. The standard InChI is InChI=1S/C13H26N2O/c1-11-13(5-8-16-9-6-13)4-7-15(11)10-12(2,3)14/h11H,4-10,14H2,1-3H3. The zero-order valence-electron chi connectivity index (χ0n) is 11.0. The van der Waals surface area contributed by atoms with Crippen LogP contribution in [0.15, 0.2) is 0 Å². The molecule has 1 unspecified atom stereocenters. The second kappa shape index (κ2) is 4.28. The summed E-state index contributed by atoms with van der Waals surface area (Å²) in [7, 11) is 0. The summed E-state index contributed by atoms with van der Waals surface area (Å²) in [6.45, 7) is 10.7. The van der Waals surface area contributed by atoms with Crippen molar-refractivity contribution in [2.24, 2.45) is 11.1 Å². The number of hydrogen-bond acceptors (Lipinski definition) is 3. The lowest BCUT2D eigenvalue weighted by Gasteiger charge is -2.40. The van der Waals surface area contributed by atoms with Gasteiger partial charge in [0.1, 0.15) is 0 Å². The quantitative estimate of drug-likeness (QED) is 0.777. The van der Waals surface area contributed by atoms with Crippen LogP contribution in [-0.2, 0) is 4.74 Å². The van der Waals surface area contributed by atoms with E-state index in [0.29, 0.717) is 11.5 Å². The Morgan fingerprint density at radius 3 is 2.50 bits per heavy atom. The molecule has 0 aromatic rings. The Bertz CT molecular complexity index is 241. The average Bonchev–Trinajstić information content (AvgIpc) is 2.47. The Morgan fingerprint density at radius 1 is 1.31 bits per heavy atom. The first-order valence-electron chi connectivity index (χ1n) is 6.54. The molecule has 0 amide bonds. The van der Waals surface area contributed by atoms with Gasteiger partial charge < -0.3 is 10.5 Å². The van der Waals surface area contributed by atoms with Gasteiger partial charge in [-0.05, 0) is 52.0 Å². The van der Waals surface area contributed by atoms with Gasteiger partial charge in [0.15, 0.2) is 0 Å². The molecule has 2 saturated heterocycles. The SMILES string of the molecule is CC1N(CC(C)(C)N)CCC12CCOCC2. The average molecular weight is 226 g/mol. The predicted octanol–water partition coefficient (Wildman–Crippen LogP) is 1.61. The number of hydrogen-bond donors (Lipinski definition) is 1.